The summed E-state index contributed by atoms with van der Waals surface area (Å²) < 4.78 is 37.3. The Bertz CT molecular complexity index is 543. The van der Waals surface area contributed by atoms with Gasteiger partial charge in [0, 0.05) is 12.1 Å². The lowest BCUT2D eigenvalue weighted by molar-refractivity contribution is -0.384. The molecule has 0 bridgehead atoms. The number of nitro groups is 1. The van der Waals surface area contributed by atoms with Crippen LogP contribution in [-0.4, -0.2) is 103 Å². The molecule has 31 heavy (non-hydrogen) atoms. The predicted molar refractivity (Wildman–Crippen MR) is 111 cm³/mol. The second-order valence-corrected chi connectivity index (χ2v) is 6.00. The third-order valence-electron chi connectivity index (χ3n) is 3.64. The molecule has 0 radical (unpaired) electrons. The third-order valence-corrected chi connectivity index (χ3v) is 3.64. The van der Waals surface area contributed by atoms with Gasteiger partial charge in [0.15, 0.2) is 0 Å². The van der Waals surface area contributed by atoms with Crippen molar-refractivity contribution in [2.45, 2.75) is 0 Å². The molecular formula is C20H33NO10. The van der Waals surface area contributed by atoms with Crippen molar-refractivity contribution < 1.29 is 43.2 Å². The van der Waals surface area contributed by atoms with Crippen molar-refractivity contribution in [1.82, 2.24) is 0 Å². The first-order valence-corrected chi connectivity index (χ1v) is 10.2. The molecule has 0 aliphatic rings. The van der Waals surface area contributed by atoms with Crippen LogP contribution in [0.3, 0.4) is 0 Å². The highest BCUT2D eigenvalue weighted by Gasteiger charge is 2.04. The van der Waals surface area contributed by atoms with Crippen LogP contribution in [0, 0.1) is 10.1 Å². The Hall–Kier alpha value is -1.86. The number of non-ortho nitro benzene ring substituents is 1. The minimum absolute atomic E-state index is 0.0190. The van der Waals surface area contributed by atoms with Gasteiger partial charge in [-0.3, -0.25) is 10.1 Å². The molecule has 178 valence electrons. The molecule has 0 spiro atoms. The summed E-state index contributed by atoms with van der Waals surface area (Å²) in [6.45, 7) is 5.84. The SMILES string of the molecule is O=[N+]([O-])c1ccc(OCCOCCOCCOCCOCCOCCOCCO)cc1. The highest BCUT2D eigenvalue weighted by Crippen LogP contribution is 2.16. The fourth-order valence-electron chi connectivity index (χ4n) is 2.15. The average molecular weight is 447 g/mol. The highest BCUT2D eigenvalue weighted by atomic mass is 16.6. The van der Waals surface area contributed by atoms with Gasteiger partial charge in [0.25, 0.3) is 5.69 Å². The Morgan fingerprint density at radius 3 is 1.32 bits per heavy atom. The molecular weight excluding hydrogens is 414 g/mol. The van der Waals surface area contributed by atoms with Gasteiger partial charge in [0.05, 0.1) is 90.8 Å². The van der Waals surface area contributed by atoms with Crippen molar-refractivity contribution in [3.63, 3.8) is 0 Å². The van der Waals surface area contributed by atoms with Crippen LogP contribution in [0.15, 0.2) is 24.3 Å². The normalized spacial score (nSPS) is 11.0. The van der Waals surface area contributed by atoms with Gasteiger partial charge in [-0.05, 0) is 12.1 Å². The van der Waals surface area contributed by atoms with E-state index in [1.165, 1.54) is 12.1 Å². The summed E-state index contributed by atoms with van der Waals surface area (Å²) in [4.78, 5) is 10.1. The van der Waals surface area contributed by atoms with Gasteiger partial charge in [-0.25, -0.2) is 0 Å². The number of ether oxygens (including phenoxy) is 7. The minimum atomic E-state index is -0.454. The number of benzene rings is 1. The molecule has 0 unspecified atom stereocenters. The van der Waals surface area contributed by atoms with Gasteiger partial charge in [0.1, 0.15) is 12.4 Å². The van der Waals surface area contributed by atoms with Crippen LogP contribution in [0.2, 0.25) is 0 Å². The molecule has 0 amide bonds. The summed E-state index contributed by atoms with van der Waals surface area (Å²) in [5.74, 6) is 0.558. The molecule has 0 saturated carbocycles. The maximum atomic E-state index is 10.6. The van der Waals surface area contributed by atoms with Crippen LogP contribution in [-0.2, 0) is 28.4 Å². The summed E-state index contributed by atoms with van der Waals surface area (Å²) >= 11 is 0. The van der Waals surface area contributed by atoms with Gasteiger partial charge in [-0.15, -0.1) is 0 Å². The molecule has 0 aromatic heterocycles. The standard InChI is InChI=1S/C20H33NO10/c22-5-6-25-7-8-26-9-10-27-11-12-28-13-14-29-15-16-30-17-18-31-20-3-1-19(2-4-20)21(23)24/h1-4,22H,5-18H2. The van der Waals surface area contributed by atoms with Crippen LogP contribution < -0.4 is 4.74 Å². The summed E-state index contributed by atoms with van der Waals surface area (Å²) in [6.07, 6.45) is 0. The van der Waals surface area contributed by atoms with E-state index in [1.807, 2.05) is 0 Å². The van der Waals surface area contributed by atoms with E-state index in [0.29, 0.717) is 91.6 Å². The summed E-state index contributed by atoms with van der Waals surface area (Å²) in [5.41, 5.74) is 0.0277. The van der Waals surface area contributed by atoms with E-state index < -0.39 is 4.92 Å². The summed E-state index contributed by atoms with van der Waals surface area (Å²) in [7, 11) is 0. The fourth-order valence-corrected chi connectivity index (χ4v) is 2.15. The lowest BCUT2D eigenvalue weighted by atomic mass is 10.3. The molecule has 1 N–H and O–H groups in total. The van der Waals surface area contributed by atoms with Crippen molar-refractivity contribution in [3.05, 3.63) is 34.4 Å². The fraction of sp³-hybridized carbons (Fsp3) is 0.700. The quantitative estimate of drug-likeness (QED) is 0.157. The first-order chi connectivity index (χ1) is 15.2. The van der Waals surface area contributed by atoms with Crippen molar-refractivity contribution in [1.29, 1.82) is 0 Å². The third kappa shape index (κ3) is 16.5. The van der Waals surface area contributed by atoms with Crippen molar-refractivity contribution in [2.24, 2.45) is 0 Å². The van der Waals surface area contributed by atoms with E-state index in [9.17, 15) is 10.1 Å². The Kier molecular flexibility index (Phi) is 17.6. The Balaban J connectivity index is 1.75. The van der Waals surface area contributed by atoms with E-state index >= 15 is 0 Å². The van der Waals surface area contributed by atoms with E-state index in [4.69, 9.17) is 38.3 Å². The number of hydrogen-bond donors (Lipinski definition) is 1. The molecule has 0 fully saturated rings. The lowest BCUT2D eigenvalue weighted by Crippen LogP contribution is -2.15. The average Bonchev–Trinajstić information content (AvgIpc) is 2.78. The minimum Gasteiger partial charge on any atom is -0.491 e. The van der Waals surface area contributed by atoms with E-state index in [2.05, 4.69) is 0 Å². The largest absolute Gasteiger partial charge is 0.491 e. The Morgan fingerprint density at radius 2 is 0.968 bits per heavy atom. The smallest absolute Gasteiger partial charge is 0.269 e. The maximum absolute atomic E-state index is 10.6. The summed E-state index contributed by atoms with van der Waals surface area (Å²) in [5, 5.41) is 19.1. The van der Waals surface area contributed by atoms with Crippen LogP contribution in [0.1, 0.15) is 0 Å². The van der Waals surface area contributed by atoms with Gasteiger partial charge < -0.3 is 38.3 Å². The van der Waals surface area contributed by atoms with Gasteiger partial charge in [-0.1, -0.05) is 0 Å². The molecule has 0 aliphatic heterocycles. The van der Waals surface area contributed by atoms with Crippen LogP contribution in [0.25, 0.3) is 0 Å². The first kappa shape index (κ1) is 27.2. The highest BCUT2D eigenvalue weighted by molar-refractivity contribution is 5.35. The second kappa shape index (κ2) is 20.1. The van der Waals surface area contributed by atoms with E-state index in [0.717, 1.165) is 0 Å². The van der Waals surface area contributed by atoms with Crippen molar-refractivity contribution in [2.75, 3.05) is 92.5 Å². The predicted octanol–water partition coefficient (Wildman–Crippen LogP) is 1.07. The molecule has 0 heterocycles. The van der Waals surface area contributed by atoms with E-state index in [-0.39, 0.29) is 12.3 Å². The molecule has 1 aromatic rings. The topological polar surface area (TPSA) is 128 Å². The van der Waals surface area contributed by atoms with Crippen LogP contribution in [0.4, 0.5) is 5.69 Å². The second-order valence-electron chi connectivity index (χ2n) is 6.00. The molecule has 0 saturated heterocycles. The zero-order valence-electron chi connectivity index (χ0n) is 17.8. The Labute approximate surface area is 182 Å². The lowest BCUT2D eigenvalue weighted by Gasteiger charge is -2.08. The van der Waals surface area contributed by atoms with Crippen molar-refractivity contribution in [3.8, 4) is 5.75 Å². The Morgan fingerprint density at radius 1 is 0.613 bits per heavy atom. The molecule has 1 rings (SSSR count). The zero-order chi connectivity index (χ0) is 22.4. The first-order valence-electron chi connectivity index (χ1n) is 10.2. The van der Waals surface area contributed by atoms with E-state index in [1.54, 1.807) is 12.1 Å². The number of aliphatic hydroxyl groups is 1. The van der Waals surface area contributed by atoms with Crippen LogP contribution >= 0.6 is 0 Å². The molecule has 11 nitrogen and oxygen atoms in total. The zero-order valence-corrected chi connectivity index (χ0v) is 17.8. The number of aliphatic hydroxyl groups excluding tert-OH is 1. The maximum Gasteiger partial charge on any atom is 0.269 e. The monoisotopic (exact) mass is 447 g/mol. The molecule has 0 aliphatic carbocycles. The van der Waals surface area contributed by atoms with Crippen LogP contribution in [0.5, 0.6) is 5.75 Å². The van der Waals surface area contributed by atoms with Gasteiger partial charge >= 0.3 is 0 Å². The molecule has 1 aromatic carbocycles. The molecule has 0 atom stereocenters. The number of nitro benzene ring substituents is 1. The van der Waals surface area contributed by atoms with Gasteiger partial charge in [-0.2, -0.15) is 0 Å². The number of hydrogen-bond acceptors (Lipinski definition) is 10. The van der Waals surface area contributed by atoms with Gasteiger partial charge in [0.2, 0.25) is 0 Å². The number of nitrogens with zero attached hydrogens (tertiary/aromatic N) is 1. The molecule has 11 heteroatoms. The summed E-state index contributed by atoms with van der Waals surface area (Å²) in [6, 6.07) is 5.90. The van der Waals surface area contributed by atoms with Crippen molar-refractivity contribution >= 4 is 5.69 Å². The number of rotatable bonds is 22.